The second-order valence-electron chi connectivity index (χ2n) is 16.1. The van der Waals surface area contributed by atoms with E-state index in [1.54, 1.807) is 20.8 Å². The topological polar surface area (TPSA) is 138 Å². The van der Waals surface area contributed by atoms with Gasteiger partial charge in [0.1, 0.15) is 30.6 Å². The summed E-state index contributed by atoms with van der Waals surface area (Å²) in [6.45, 7) is 12.5. The van der Waals surface area contributed by atoms with E-state index in [0.29, 0.717) is 17.7 Å². The van der Waals surface area contributed by atoms with Gasteiger partial charge in [0.2, 0.25) is 0 Å². The molecule has 0 spiro atoms. The van der Waals surface area contributed by atoms with Gasteiger partial charge in [0.15, 0.2) is 0 Å². The Bertz CT molecular complexity index is 1920. The molecule has 0 bridgehead atoms. The summed E-state index contributed by atoms with van der Waals surface area (Å²) >= 11 is 0. The lowest BCUT2D eigenvalue weighted by Gasteiger charge is -2.23. The van der Waals surface area contributed by atoms with Crippen molar-refractivity contribution >= 4 is 32.2 Å². The maximum atomic E-state index is 13.7. The number of carbonyl (C=O) groups excluding carboxylic acids is 4. The largest absolute Gasteiger partial charge is 0.489 e. The van der Waals surface area contributed by atoms with Crippen LogP contribution in [0.2, 0.25) is 25.7 Å². The molecular weight excluding hydrogens is 741 g/mol. The first kappa shape index (κ1) is 44.1. The lowest BCUT2D eigenvalue weighted by atomic mass is 9.95. The van der Waals surface area contributed by atoms with Crippen LogP contribution in [0.3, 0.4) is 0 Å². The quantitative estimate of drug-likeness (QED) is 0.0576. The fraction of sp³-hybridized carbons (Fsp3) is 0.378. The fourth-order valence-electron chi connectivity index (χ4n) is 5.77. The number of benzene rings is 4. The molecule has 2 atom stereocenters. The second-order valence-corrected chi connectivity index (χ2v) is 21.7. The molecule has 0 saturated heterocycles. The number of nitrogens with one attached hydrogen (secondary N) is 2. The second kappa shape index (κ2) is 21.1. The zero-order valence-corrected chi connectivity index (χ0v) is 35.1. The van der Waals surface area contributed by atoms with Gasteiger partial charge >= 0.3 is 24.1 Å². The van der Waals surface area contributed by atoms with Gasteiger partial charge in [-0.2, -0.15) is 0 Å². The van der Waals surface area contributed by atoms with Gasteiger partial charge in [0.25, 0.3) is 0 Å². The summed E-state index contributed by atoms with van der Waals surface area (Å²) in [6, 6.07) is 31.6. The molecule has 304 valence electrons. The number of alkyl carbamates (subject to hydrolysis) is 2. The summed E-state index contributed by atoms with van der Waals surface area (Å²) in [4.78, 5) is 51.8. The number of amides is 2. The molecule has 2 amide bonds. The maximum Gasteiger partial charge on any atom is 0.408 e. The number of hydrogen-bond acceptors (Lipinski definition) is 9. The minimum Gasteiger partial charge on any atom is -0.489 e. The molecule has 0 aliphatic carbocycles. The van der Waals surface area contributed by atoms with Crippen LogP contribution < -0.4 is 15.4 Å². The highest BCUT2D eigenvalue weighted by atomic mass is 28.3. The molecule has 0 saturated carbocycles. The summed E-state index contributed by atoms with van der Waals surface area (Å²) in [5, 5.41) is 5.58. The van der Waals surface area contributed by atoms with E-state index in [4.69, 9.17) is 23.7 Å². The first-order chi connectivity index (χ1) is 27.1. The van der Waals surface area contributed by atoms with E-state index in [2.05, 4.69) is 30.3 Å². The molecule has 0 heterocycles. The van der Waals surface area contributed by atoms with E-state index in [0.717, 1.165) is 33.9 Å². The zero-order valence-electron chi connectivity index (χ0n) is 34.1. The molecule has 0 aliphatic heterocycles. The Morgan fingerprint density at radius 2 is 1.32 bits per heavy atom. The lowest BCUT2D eigenvalue weighted by Crippen LogP contribution is -2.44. The minimum atomic E-state index is -1.51. The number of esters is 2. The summed E-state index contributed by atoms with van der Waals surface area (Å²) in [6.07, 6.45) is -1.04. The molecule has 0 fully saturated rings. The van der Waals surface area contributed by atoms with Gasteiger partial charge in [-0.15, -0.1) is 0 Å². The molecular formula is C45H56N2O9Si. The summed E-state index contributed by atoms with van der Waals surface area (Å²) < 4.78 is 28.0. The van der Waals surface area contributed by atoms with Crippen molar-refractivity contribution in [1.29, 1.82) is 0 Å². The average Bonchev–Trinajstić information content (AvgIpc) is 3.15. The first-order valence-corrected chi connectivity index (χ1v) is 22.9. The zero-order chi connectivity index (χ0) is 41.4. The van der Waals surface area contributed by atoms with Crippen LogP contribution in [0.4, 0.5) is 9.59 Å². The van der Waals surface area contributed by atoms with Crippen LogP contribution in [0.5, 0.6) is 5.75 Å². The van der Waals surface area contributed by atoms with Crippen molar-refractivity contribution in [3.8, 4) is 16.9 Å². The number of rotatable bonds is 18. The Kier molecular flexibility index (Phi) is 16.3. The molecule has 0 radical (unpaired) electrons. The highest BCUT2D eigenvalue weighted by Gasteiger charge is 2.27. The predicted molar refractivity (Wildman–Crippen MR) is 223 cm³/mol. The Labute approximate surface area is 337 Å². The molecule has 4 aromatic rings. The third-order valence-corrected chi connectivity index (χ3v) is 10.4. The van der Waals surface area contributed by atoms with Crippen molar-refractivity contribution in [3.05, 3.63) is 125 Å². The summed E-state index contributed by atoms with van der Waals surface area (Å²) in [7, 11) is -0.210. The van der Waals surface area contributed by atoms with E-state index in [1.165, 1.54) is 7.11 Å². The van der Waals surface area contributed by atoms with Gasteiger partial charge in [0, 0.05) is 20.5 Å². The third kappa shape index (κ3) is 16.2. The molecule has 57 heavy (non-hydrogen) atoms. The summed E-state index contributed by atoms with van der Waals surface area (Å²) in [5.74, 6) is -0.493. The molecule has 12 heteroatoms. The van der Waals surface area contributed by atoms with Gasteiger partial charge in [-0.1, -0.05) is 111 Å². The average molecular weight is 797 g/mol. The van der Waals surface area contributed by atoms with Crippen molar-refractivity contribution < 1.29 is 42.9 Å². The van der Waals surface area contributed by atoms with Crippen molar-refractivity contribution in [1.82, 2.24) is 10.6 Å². The van der Waals surface area contributed by atoms with Crippen molar-refractivity contribution in [2.24, 2.45) is 0 Å². The molecule has 0 aliphatic rings. The van der Waals surface area contributed by atoms with Gasteiger partial charge < -0.3 is 34.3 Å². The third-order valence-electron chi connectivity index (χ3n) is 8.71. The molecule has 0 aromatic heterocycles. The van der Waals surface area contributed by atoms with Crippen LogP contribution in [0.15, 0.2) is 103 Å². The lowest BCUT2D eigenvalue weighted by molar-refractivity contribution is -0.145. The first-order valence-electron chi connectivity index (χ1n) is 19.2. The van der Waals surface area contributed by atoms with Gasteiger partial charge in [-0.3, -0.25) is 4.79 Å². The monoisotopic (exact) mass is 796 g/mol. The number of ether oxygens (including phenoxy) is 5. The predicted octanol–water partition coefficient (Wildman–Crippen LogP) is 8.65. The van der Waals surface area contributed by atoms with Crippen LogP contribution >= 0.6 is 0 Å². The van der Waals surface area contributed by atoms with E-state index >= 15 is 0 Å². The van der Waals surface area contributed by atoms with Crippen LogP contribution in [0, 0.1) is 0 Å². The van der Waals surface area contributed by atoms with E-state index in [-0.39, 0.29) is 32.7 Å². The van der Waals surface area contributed by atoms with E-state index in [9.17, 15) is 19.2 Å². The van der Waals surface area contributed by atoms with E-state index < -0.39 is 49.9 Å². The Morgan fingerprint density at radius 1 is 0.684 bits per heavy atom. The standard InChI is InChI=1S/C45H56N2O9Si/c1-45(2,3)56-44(51)46-38(29-41(48)52-4)26-34-19-14-20-35(25-34)36-21-22-40(54-30-32-15-10-8-11-16-32)37(27-36)28-39(42(49)53-23-24-57(5,6)7)47-43(50)55-31-33-17-12-9-13-18-33/h8-22,25,27,38-39H,23-24,26,28-31H2,1-7H3,(H,46,51)(H,47,50). The molecule has 4 aromatic carbocycles. The Balaban J connectivity index is 1.64. The molecule has 2 unspecified atom stereocenters. The van der Waals surface area contributed by atoms with Crippen LogP contribution in [-0.2, 0) is 54.6 Å². The Morgan fingerprint density at radius 3 is 1.95 bits per heavy atom. The highest BCUT2D eigenvalue weighted by Crippen LogP contribution is 2.30. The number of methoxy groups -OCH3 is 1. The Hall–Kier alpha value is -5.62. The molecule has 2 N–H and O–H groups in total. The van der Waals surface area contributed by atoms with Gasteiger partial charge in [-0.25, -0.2) is 14.4 Å². The fourth-order valence-corrected chi connectivity index (χ4v) is 6.48. The minimum absolute atomic E-state index is 0.0368. The highest BCUT2D eigenvalue weighted by molar-refractivity contribution is 6.76. The number of hydrogen-bond donors (Lipinski definition) is 2. The maximum absolute atomic E-state index is 13.7. The van der Waals surface area contributed by atoms with Gasteiger partial charge in [0.05, 0.1) is 20.1 Å². The van der Waals surface area contributed by atoms with E-state index in [1.807, 2.05) is 103 Å². The van der Waals surface area contributed by atoms with Gasteiger partial charge in [-0.05, 0) is 78.7 Å². The summed E-state index contributed by atoms with van der Waals surface area (Å²) in [5.41, 5.74) is 4.26. The smallest absolute Gasteiger partial charge is 0.408 e. The SMILES string of the molecule is COC(=O)CC(Cc1cccc(-c2ccc(OCc3ccccc3)c(CC(NC(=O)OCc3ccccc3)C(=O)OCC[Si](C)(C)C)c2)c1)NC(=O)OC(C)(C)C. The number of carbonyl (C=O) groups is 4. The van der Waals surface area contributed by atoms with Crippen LogP contribution in [-0.4, -0.2) is 63.6 Å². The van der Waals surface area contributed by atoms with Crippen molar-refractivity contribution in [2.45, 2.75) is 96.6 Å². The molecule has 4 rings (SSSR count). The normalized spacial score (nSPS) is 12.4. The van der Waals surface area contributed by atoms with Crippen molar-refractivity contribution in [3.63, 3.8) is 0 Å². The van der Waals surface area contributed by atoms with Crippen molar-refractivity contribution in [2.75, 3.05) is 13.7 Å². The van der Waals surface area contributed by atoms with Crippen LogP contribution in [0.25, 0.3) is 11.1 Å². The van der Waals surface area contributed by atoms with Crippen LogP contribution in [0.1, 0.15) is 49.4 Å². The molecule has 11 nitrogen and oxygen atoms in total.